The second kappa shape index (κ2) is 7.99. The van der Waals surface area contributed by atoms with Gasteiger partial charge in [-0.1, -0.05) is 68.4 Å². The maximum absolute atomic E-state index is 3.57. The Hall–Kier alpha value is -1.60. The van der Waals surface area contributed by atoms with E-state index >= 15 is 0 Å². The third kappa shape index (κ3) is 4.71. The zero-order valence-electron chi connectivity index (χ0n) is 13.5. The standard InChI is InChI=1S/C20H27N/c1-4-14-21-17(3)15-16(2)18-10-12-20(13-11-18)19-8-6-5-7-9-19/h5-13,16-17,21H,4,14-15H2,1-3H3. The van der Waals surface area contributed by atoms with Gasteiger partial charge in [-0.3, -0.25) is 0 Å². The van der Waals surface area contributed by atoms with Crippen LogP contribution in [0.15, 0.2) is 54.6 Å². The van der Waals surface area contributed by atoms with Crippen molar-refractivity contribution in [2.45, 2.75) is 45.6 Å². The molecule has 0 bridgehead atoms. The summed E-state index contributed by atoms with van der Waals surface area (Å²) in [5.41, 5.74) is 4.01. The molecule has 2 aromatic carbocycles. The number of hydrogen-bond donors (Lipinski definition) is 1. The molecule has 2 aromatic rings. The molecule has 0 aliphatic heterocycles. The highest BCUT2D eigenvalue weighted by atomic mass is 14.9. The summed E-state index contributed by atoms with van der Waals surface area (Å²) in [4.78, 5) is 0. The molecule has 1 nitrogen and oxygen atoms in total. The SMILES string of the molecule is CCCNC(C)CC(C)c1ccc(-c2ccccc2)cc1. The van der Waals surface area contributed by atoms with E-state index in [4.69, 9.17) is 0 Å². The molecule has 112 valence electrons. The summed E-state index contributed by atoms with van der Waals surface area (Å²) in [6.45, 7) is 7.93. The topological polar surface area (TPSA) is 12.0 Å². The number of hydrogen-bond acceptors (Lipinski definition) is 1. The van der Waals surface area contributed by atoms with Gasteiger partial charge in [0.2, 0.25) is 0 Å². The van der Waals surface area contributed by atoms with Crippen molar-refractivity contribution in [3.05, 3.63) is 60.2 Å². The van der Waals surface area contributed by atoms with E-state index in [-0.39, 0.29) is 0 Å². The van der Waals surface area contributed by atoms with Crippen molar-refractivity contribution in [3.63, 3.8) is 0 Å². The first kappa shape index (κ1) is 15.8. The van der Waals surface area contributed by atoms with Crippen LogP contribution >= 0.6 is 0 Å². The molecule has 0 fully saturated rings. The highest BCUT2D eigenvalue weighted by molar-refractivity contribution is 5.63. The smallest absolute Gasteiger partial charge is 0.00444 e. The average Bonchev–Trinajstić information content (AvgIpc) is 2.54. The van der Waals surface area contributed by atoms with Gasteiger partial charge in [-0.15, -0.1) is 0 Å². The fraction of sp³-hybridized carbons (Fsp3) is 0.400. The minimum atomic E-state index is 0.578. The van der Waals surface area contributed by atoms with E-state index in [2.05, 4.69) is 80.7 Å². The third-order valence-electron chi connectivity index (χ3n) is 4.04. The first-order valence-electron chi connectivity index (χ1n) is 8.09. The van der Waals surface area contributed by atoms with Gasteiger partial charge in [0.1, 0.15) is 0 Å². The van der Waals surface area contributed by atoms with Gasteiger partial charge in [-0.05, 0) is 48.9 Å². The Kier molecular flexibility index (Phi) is 6.01. The summed E-state index contributed by atoms with van der Waals surface area (Å²) in [6, 6.07) is 20.2. The van der Waals surface area contributed by atoms with Gasteiger partial charge in [0, 0.05) is 6.04 Å². The van der Waals surface area contributed by atoms with Crippen molar-refractivity contribution < 1.29 is 0 Å². The lowest BCUT2D eigenvalue weighted by Crippen LogP contribution is -2.27. The molecule has 0 aliphatic carbocycles. The van der Waals surface area contributed by atoms with Gasteiger partial charge >= 0.3 is 0 Å². The highest BCUT2D eigenvalue weighted by Crippen LogP contribution is 2.25. The first-order valence-corrected chi connectivity index (χ1v) is 8.09. The fourth-order valence-electron chi connectivity index (χ4n) is 2.78. The third-order valence-corrected chi connectivity index (χ3v) is 4.04. The van der Waals surface area contributed by atoms with E-state index in [1.54, 1.807) is 0 Å². The van der Waals surface area contributed by atoms with Crippen LogP contribution in [-0.2, 0) is 0 Å². The maximum Gasteiger partial charge on any atom is 0.00444 e. The van der Waals surface area contributed by atoms with E-state index in [1.165, 1.54) is 29.5 Å². The van der Waals surface area contributed by atoms with Crippen LogP contribution in [0.3, 0.4) is 0 Å². The summed E-state index contributed by atoms with van der Waals surface area (Å²) in [6.07, 6.45) is 2.38. The van der Waals surface area contributed by atoms with Gasteiger partial charge in [-0.25, -0.2) is 0 Å². The van der Waals surface area contributed by atoms with Crippen LogP contribution in [0.25, 0.3) is 11.1 Å². The van der Waals surface area contributed by atoms with E-state index in [1.807, 2.05) is 0 Å². The monoisotopic (exact) mass is 281 g/mol. The Morgan fingerprint density at radius 3 is 2.10 bits per heavy atom. The van der Waals surface area contributed by atoms with Crippen molar-refractivity contribution in [1.29, 1.82) is 0 Å². The average molecular weight is 281 g/mol. The summed E-state index contributed by atoms with van der Waals surface area (Å²) >= 11 is 0. The van der Waals surface area contributed by atoms with Crippen LogP contribution in [-0.4, -0.2) is 12.6 Å². The van der Waals surface area contributed by atoms with Gasteiger partial charge in [0.25, 0.3) is 0 Å². The Morgan fingerprint density at radius 2 is 1.48 bits per heavy atom. The molecule has 0 amide bonds. The molecule has 0 aliphatic rings. The predicted octanol–water partition coefficient (Wildman–Crippen LogP) is 5.24. The second-order valence-corrected chi connectivity index (χ2v) is 5.98. The van der Waals surface area contributed by atoms with Crippen molar-refractivity contribution in [1.82, 2.24) is 5.32 Å². The summed E-state index contributed by atoms with van der Waals surface area (Å²) in [7, 11) is 0. The van der Waals surface area contributed by atoms with Gasteiger partial charge < -0.3 is 5.32 Å². The molecule has 2 unspecified atom stereocenters. The van der Waals surface area contributed by atoms with E-state index in [0.29, 0.717) is 12.0 Å². The Morgan fingerprint density at radius 1 is 0.857 bits per heavy atom. The van der Waals surface area contributed by atoms with Gasteiger partial charge in [0.05, 0.1) is 0 Å². The molecule has 0 radical (unpaired) electrons. The van der Waals surface area contributed by atoms with Crippen LogP contribution in [0.1, 0.15) is 45.1 Å². The molecule has 0 saturated carbocycles. The number of benzene rings is 2. The lowest BCUT2D eigenvalue weighted by atomic mass is 9.93. The fourth-order valence-corrected chi connectivity index (χ4v) is 2.78. The lowest BCUT2D eigenvalue weighted by Gasteiger charge is -2.19. The first-order chi connectivity index (χ1) is 10.2. The Bertz CT molecular complexity index is 515. The van der Waals surface area contributed by atoms with Crippen LogP contribution in [0.2, 0.25) is 0 Å². The zero-order valence-corrected chi connectivity index (χ0v) is 13.5. The van der Waals surface area contributed by atoms with Crippen molar-refractivity contribution in [3.8, 4) is 11.1 Å². The number of nitrogens with one attached hydrogen (secondary N) is 1. The molecule has 0 heterocycles. The predicted molar refractivity (Wildman–Crippen MR) is 92.7 cm³/mol. The molecular formula is C20H27N. The van der Waals surface area contributed by atoms with Crippen LogP contribution in [0.5, 0.6) is 0 Å². The molecule has 2 atom stereocenters. The van der Waals surface area contributed by atoms with E-state index in [0.717, 1.165) is 6.54 Å². The molecule has 1 N–H and O–H groups in total. The van der Waals surface area contributed by atoms with E-state index < -0.39 is 0 Å². The molecule has 1 heteroatoms. The van der Waals surface area contributed by atoms with Crippen molar-refractivity contribution >= 4 is 0 Å². The molecule has 0 aromatic heterocycles. The molecule has 0 spiro atoms. The quantitative estimate of drug-likeness (QED) is 0.732. The normalized spacial score (nSPS) is 13.9. The Balaban J connectivity index is 1.98. The zero-order chi connectivity index (χ0) is 15.1. The molecule has 21 heavy (non-hydrogen) atoms. The van der Waals surface area contributed by atoms with E-state index in [9.17, 15) is 0 Å². The second-order valence-electron chi connectivity index (χ2n) is 5.98. The van der Waals surface area contributed by atoms with Crippen LogP contribution < -0.4 is 5.32 Å². The van der Waals surface area contributed by atoms with Crippen LogP contribution in [0, 0.1) is 0 Å². The number of rotatable bonds is 7. The van der Waals surface area contributed by atoms with Gasteiger partial charge in [0.15, 0.2) is 0 Å². The summed E-state index contributed by atoms with van der Waals surface area (Å²) < 4.78 is 0. The minimum absolute atomic E-state index is 0.578. The minimum Gasteiger partial charge on any atom is -0.314 e. The molecule has 2 rings (SSSR count). The summed E-state index contributed by atoms with van der Waals surface area (Å²) in [5, 5.41) is 3.57. The lowest BCUT2D eigenvalue weighted by molar-refractivity contribution is 0.479. The summed E-state index contributed by atoms with van der Waals surface area (Å²) in [5.74, 6) is 0.592. The maximum atomic E-state index is 3.57. The van der Waals surface area contributed by atoms with Gasteiger partial charge in [-0.2, -0.15) is 0 Å². The van der Waals surface area contributed by atoms with Crippen LogP contribution in [0.4, 0.5) is 0 Å². The molecule has 0 saturated heterocycles. The Labute approximate surface area is 129 Å². The van der Waals surface area contributed by atoms with Crippen molar-refractivity contribution in [2.24, 2.45) is 0 Å². The highest BCUT2D eigenvalue weighted by Gasteiger charge is 2.10. The van der Waals surface area contributed by atoms with Crippen molar-refractivity contribution in [2.75, 3.05) is 6.54 Å². The molecular weight excluding hydrogens is 254 g/mol. The largest absolute Gasteiger partial charge is 0.314 e.